The molecule has 34 heavy (non-hydrogen) atoms. The zero-order valence-corrected chi connectivity index (χ0v) is 19.9. The summed E-state index contributed by atoms with van der Waals surface area (Å²) >= 11 is 7.53. The normalized spacial score (nSPS) is 14.9. The van der Waals surface area contributed by atoms with Crippen molar-refractivity contribution in [1.82, 2.24) is 19.5 Å². The number of aromatic nitrogens is 3. The van der Waals surface area contributed by atoms with E-state index in [2.05, 4.69) is 10.2 Å². The number of anilines is 1. The predicted molar refractivity (Wildman–Crippen MR) is 138 cm³/mol. The van der Waals surface area contributed by atoms with E-state index < -0.39 is 0 Å². The number of hydrogen-bond acceptors (Lipinski definition) is 7. The molecule has 1 aliphatic heterocycles. The average molecular weight is 492 g/mol. The molecule has 9 heteroatoms. The highest BCUT2D eigenvalue weighted by atomic mass is 35.5. The highest BCUT2D eigenvalue weighted by Crippen LogP contribution is 2.33. The summed E-state index contributed by atoms with van der Waals surface area (Å²) in [6, 6.07) is 15.4. The lowest BCUT2D eigenvalue weighted by Gasteiger charge is -2.26. The van der Waals surface area contributed by atoms with Gasteiger partial charge in [-0.25, -0.2) is 4.98 Å². The molecular weight excluding hydrogens is 470 g/mol. The van der Waals surface area contributed by atoms with Crippen molar-refractivity contribution in [2.24, 2.45) is 0 Å². The van der Waals surface area contributed by atoms with E-state index in [0.717, 1.165) is 61.3 Å². The lowest BCUT2D eigenvalue weighted by Crippen LogP contribution is -2.39. The summed E-state index contributed by atoms with van der Waals surface area (Å²) < 4.78 is 6.87. The second-order valence-corrected chi connectivity index (χ2v) is 9.56. The second-order valence-electron chi connectivity index (χ2n) is 8.26. The Balaban J connectivity index is 1.46. The van der Waals surface area contributed by atoms with Crippen LogP contribution >= 0.6 is 22.9 Å². The molecule has 0 saturated carbocycles. The van der Waals surface area contributed by atoms with E-state index in [4.69, 9.17) is 26.4 Å². The van der Waals surface area contributed by atoms with E-state index in [1.807, 2.05) is 53.9 Å². The number of nitrogens with zero attached hydrogens (tertiary/aromatic N) is 4. The molecule has 0 spiro atoms. The SMILES string of the molecule is O=c1c2c(-c3ccc(Cl)cc3)csc2nc2c3ccccc3c(NCCN3CCOCC3)nn12. The molecule has 0 radical (unpaired) electrons. The molecule has 1 N–H and O–H groups in total. The highest BCUT2D eigenvalue weighted by molar-refractivity contribution is 7.17. The third-order valence-corrected chi connectivity index (χ3v) is 7.31. The summed E-state index contributed by atoms with van der Waals surface area (Å²) in [5, 5.41) is 13.2. The molecule has 3 aromatic heterocycles. The van der Waals surface area contributed by atoms with Gasteiger partial charge in [0, 0.05) is 52.9 Å². The molecule has 2 aromatic carbocycles. The van der Waals surface area contributed by atoms with Gasteiger partial charge in [0.15, 0.2) is 11.5 Å². The van der Waals surface area contributed by atoms with Gasteiger partial charge in [0.05, 0.1) is 18.6 Å². The van der Waals surface area contributed by atoms with Crippen molar-refractivity contribution >= 4 is 55.4 Å². The minimum absolute atomic E-state index is 0.173. The van der Waals surface area contributed by atoms with Gasteiger partial charge >= 0.3 is 0 Å². The van der Waals surface area contributed by atoms with Crippen LogP contribution in [-0.4, -0.2) is 58.9 Å². The van der Waals surface area contributed by atoms with Gasteiger partial charge in [-0.2, -0.15) is 4.52 Å². The van der Waals surface area contributed by atoms with Crippen LogP contribution in [0.15, 0.2) is 58.7 Å². The highest BCUT2D eigenvalue weighted by Gasteiger charge is 2.18. The number of hydrogen-bond donors (Lipinski definition) is 1. The number of nitrogens with one attached hydrogen (secondary N) is 1. The summed E-state index contributed by atoms with van der Waals surface area (Å²) in [4.78, 5) is 21.7. The van der Waals surface area contributed by atoms with E-state index in [1.165, 1.54) is 15.9 Å². The van der Waals surface area contributed by atoms with E-state index in [-0.39, 0.29) is 5.56 Å². The maximum atomic E-state index is 13.7. The van der Waals surface area contributed by atoms with Gasteiger partial charge in [0.1, 0.15) is 4.83 Å². The third-order valence-electron chi connectivity index (χ3n) is 6.19. The van der Waals surface area contributed by atoms with Crippen LogP contribution < -0.4 is 10.9 Å². The van der Waals surface area contributed by atoms with Gasteiger partial charge < -0.3 is 10.1 Å². The Labute approximate surface area is 204 Å². The molecular formula is C25H22ClN5O2S. The third kappa shape index (κ3) is 3.82. The average Bonchev–Trinajstić information content (AvgIpc) is 3.30. The number of morpholine rings is 1. The molecule has 1 aliphatic rings. The first kappa shape index (κ1) is 21.5. The van der Waals surface area contributed by atoms with Crippen LogP contribution in [0.3, 0.4) is 0 Å². The predicted octanol–water partition coefficient (Wildman–Crippen LogP) is 4.52. The van der Waals surface area contributed by atoms with Crippen LogP contribution in [0.1, 0.15) is 0 Å². The van der Waals surface area contributed by atoms with Crippen LogP contribution in [-0.2, 0) is 4.74 Å². The number of rotatable bonds is 5. The topological polar surface area (TPSA) is 71.8 Å². The summed E-state index contributed by atoms with van der Waals surface area (Å²) in [6.07, 6.45) is 0. The zero-order valence-electron chi connectivity index (χ0n) is 18.3. The van der Waals surface area contributed by atoms with Gasteiger partial charge in [0.2, 0.25) is 0 Å². The van der Waals surface area contributed by atoms with E-state index in [9.17, 15) is 4.79 Å². The van der Waals surface area contributed by atoms with Gasteiger partial charge in [-0.3, -0.25) is 9.69 Å². The largest absolute Gasteiger partial charge is 0.379 e. The number of fused-ring (bicyclic) bond motifs is 4. The lowest BCUT2D eigenvalue weighted by molar-refractivity contribution is 0.0398. The molecule has 0 aliphatic carbocycles. The van der Waals surface area contributed by atoms with Crippen LogP contribution in [0.4, 0.5) is 5.82 Å². The van der Waals surface area contributed by atoms with E-state index >= 15 is 0 Å². The van der Waals surface area contributed by atoms with Gasteiger partial charge in [0.25, 0.3) is 5.56 Å². The molecule has 4 heterocycles. The van der Waals surface area contributed by atoms with Crippen molar-refractivity contribution in [3.63, 3.8) is 0 Å². The smallest absolute Gasteiger partial charge is 0.283 e. The second kappa shape index (κ2) is 8.96. The molecule has 1 fully saturated rings. The van der Waals surface area contributed by atoms with Crippen LogP contribution in [0.2, 0.25) is 5.02 Å². The first-order valence-electron chi connectivity index (χ1n) is 11.2. The van der Waals surface area contributed by atoms with Crippen molar-refractivity contribution in [2.75, 3.05) is 44.7 Å². The Morgan fingerprint density at radius 2 is 1.82 bits per heavy atom. The quantitative estimate of drug-likeness (QED) is 0.364. The monoisotopic (exact) mass is 491 g/mol. The fourth-order valence-corrected chi connectivity index (χ4v) is 5.48. The summed E-state index contributed by atoms with van der Waals surface area (Å²) in [5.74, 6) is 0.683. The standard InChI is InChI=1S/C25H22ClN5O2S/c26-17-7-5-16(6-8-17)20-15-34-24-21(20)25(32)31-23(28-24)19-4-2-1-3-18(19)22(29-31)27-9-10-30-11-13-33-14-12-30/h1-8,15H,9-14H2,(H,27,29). The van der Waals surface area contributed by atoms with Crippen molar-refractivity contribution < 1.29 is 4.74 Å². The first-order valence-corrected chi connectivity index (χ1v) is 12.5. The number of benzene rings is 2. The number of ether oxygens (including phenoxy) is 1. The van der Waals surface area contributed by atoms with E-state index in [1.54, 1.807) is 0 Å². The molecule has 6 rings (SSSR count). The Bertz CT molecular complexity index is 1560. The maximum absolute atomic E-state index is 13.7. The van der Waals surface area contributed by atoms with Crippen LogP contribution in [0, 0.1) is 0 Å². The minimum Gasteiger partial charge on any atom is -0.379 e. The Morgan fingerprint density at radius 3 is 2.62 bits per heavy atom. The Kier molecular flexibility index (Phi) is 5.66. The van der Waals surface area contributed by atoms with Gasteiger partial charge in [-0.05, 0) is 17.7 Å². The van der Waals surface area contributed by atoms with Crippen LogP contribution in [0.25, 0.3) is 37.8 Å². The maximum Gasteiger partial charge on any atom is 0.283 e. The molecule has 0 unspecified atom stereocenters. The van der Waals surface area contributed by atoms with Crippen molar-refractivity contribution in [3.8, 4) is 11.1 Å². The zero-order chi connectivity index (χ0) is 23.1. The molecule has 0 amide bonds. The molecule has 0 atom stereocenters. The molecule has 7 nitrogen and oxygen atoms in total. The molecule has 1 saturated heterocycles. The number of thiophene rings is 1. The van der Waals surface area contributed by atoms with Gasteiger partial charge in [-0.1, -0.05) is 48.0 Å². The Hall–Kier alpha value is -3.04. The Morgan fingerprint density at radius 1 is 1.06 bits per heavy atom. The number of halogens is 1. The first-order chi connectivity index (χ1) is 16.7. The summed E-state index contributed by atoms with van der Waals surface area (Å²) in [5.41, 5.74) is 2.17. The van der Waals surface area contributed by atoms with Crippen LogP contribution in [0.5, 0.6) is 0 Å². The van der Waals surface area contributed by atoms with Crippen molar-refractivity contribution in [2.45, 2.75) is 0 Å². The van der Waals surface area contributed by atoms with Crippen molar-refractivity contribution in [1.29, 1.82) is 0 Å². The minimum atomic E-state index is -0.173. The lowest BCUT2D eigenvalue weighted by atomic mass is 10.1. The van der Waals surface area contributed by atoms with Crippen molar-refractivity contribution in [3.05, 3.63) is 69.3 Å². The molecule has 0 bridgehead atoms. The molecule has 5 aromatic rings. The fraction of sp³-hybridized carbons (Fsp3) is 0.240. The fourth-order valence-electron chi connectivity index (χ4n) is 4.42. The molecule has 172 valence electrons. The summed E-state index contributed by atoms with van der Waals surface area (Å²) in [7, 11) is 0. The summed E-state index contributed by atoms with van der Waals surface area (Å²) in [6.45, 7) is 5.01. The van der Waals surface area contributed by atoms with Gasteiger partial charge in [-0.15, -0.1) is 16.4 Å². The van der Waals surface area contributed by atoms with E-state index in [0.29, 0.717) is 26.7 Å².